The molecule has 0 saturated heterocycles. The third kappa shape index (κ3) is 1.17. The molecule has 1 heterocycles. The third-order valence-electron chi connectivity index (χ3n) is 1.91. The van der Waals surface area contributed by atoms with Crippen molar-refractivity contribution in [1.29, 1.82) is 0 Å². The van der Waals surface area contributed by atoms with Crippen molar-refractivity contribution in [2.75, 3.05) is 0 Å². The number of hydrogen-bond donors (Lipinski definition) is 0. The van der Waals surface area contributed by atoms with Crippen LogP contribution in [0.25, 0.3) is 10.9 Å². The van der Waals surface area contributed by atoms with Gasteiger partial charge in [-0.05, 0) is 24.0 Å². The zero-order valence-electron chi connectivity index (χ0n) is 6.85. The molecule has 0 saturated carbocycles. The van der Waals surface area contributed by atoms with Gasteiger partial charge in [-0.15, -0.1) is 0 Å². The molecule has 2 rings (SSSR count). The van der Waals surface area contributed by atoms with Crippen molar-refractivity contribution in [3.8, 4) is 0 Å². The number of aromatic nitrogens is 1. The molecular formula is C8H6N2O2S. The second kappa shape index (κ2) is 2.77. The van der Waals surface area contributed by atoms with E-state index >= 15 is 0 Å². The van der Waals surface area contributed by atoms with E-state index in [1.165, 1.54) is 17.6 Å². The van der Waals surface area contributed by atoms with E-state index in [0.29, 0.717) is 5.39 Å². The maximum atomic E-state index is 10.6. The predicted octanol–water partition coefficient (Wildman–Crippen LogP) is 2.51. The van der Waals surface area contributed by atoms with Crippen LogP contribution in [0.15, 0.2) is 17.5 Å². The summed E-state index contributed by atoms with van der Waals surface area (Å²) < 4.78 is 4.10. The molecule has 66 valence electrons. The molecule has 13 heavy (non-hydrogen) atoms. The van der Waals surface area contributed by atoms with Crippen molar-refractivity contribution in [2.45, 2.75) is 6.92 Å². The van der Waals surface area contributed by atoms with Crippen LogP contribution in [0.3, 0.4) is 0 Å². The molecule has 0 spiro atoms. The molecule has 4 nitrogen and oxygen atoms in total. The number of nitro benzene ring substituents is 1. The highest BCUT2D eigenvalue weighted by Gasteiger charge is 2.13. The Balaban J connectivity index is 2.86. The van der Waals surface area contributed by atoms with Crippen molar-refractivity contribution in [1.82, 2.24) is 4.37 Å². The van der Waals surface area contributed by atoms with E-state index in [2.05, 4.69) is 4.37 Å². The number of rotatable bonds is 1. The second-order valence-electron chi connectivity index (χ2n) is 2.74. The van der Waals surface area contributed by atoms with Gasteiger partial charge in [-0.1, -0.05) is 6.07 Å². The van der Waals surface area contributed by atoms with E-state index in [9.17, 15) is 10.1 Å². The first-order valence-corrected chi connectivity index (χ1v) is 4.52. The zero-order valence-corrected chi connectivity index (χ0v) is 7.67. The quantitative estimate of drug-likeness (QED) is 0.517. The number of benzene rings is 1. The van der Waals surface area contributed by atoms with Crippen molar-refractivity contribution >= 4 is 28.1 Å². The van der Waals surface area contributed by atoms with Crippen LogP contribution in [0.5, 0.6) is 0 Å². The smallest absolute Gasteiger partial charge is 0.258 e. The van der Waals surface area contributed by atoms with Crippen molar-refractivity contribution < 1.29 is 4.92 Å². The topological polar surface area (TPSA) is 56.0 Å². The monoisotopic (exact) mass is 194 g/mol. The Hall–Kier alpha value is -1.49. The third-order valence-corrected chi connectivity index (χ3v) is 2.54. The largest absolute Gasteiger partial charge is 0.279 e. The van der Waals surface area contributed by atoms with Gasteiger partial charge in [0.1, 0.15) is 0 Å². The molecule has 0 aliphatic heterocycles. The SMILES string of the molecule is Cc1ccc([N+](=O)[O-])c2csnc12. The van der Waals surface area contributed by atoms with Gasteiger partial charge in [0, 0.05) is 11.4 Å². The molecule has 5 heteroatoms. The first-order valence-electron chi connectivity index (χ1n) is 3.68. The lowest BCUT2D eigenvalue weighted by Crippen LogP contribution is -1.89. The summed E-state index contributed by atoms with van der Waals surface area (Å²) in [5.74, 6) is 0. The van der Waals surface area contributed by atoms with Crippen LogP contribution in [0.2, 0.25) is 0 Å². The highest BCUT2D eigenvalue weighted by atomic mass is 32.1. The molecule has 0 aliphatic carbocycles. The predicted molar refractivity (Wildman–Crippen MR) is 51.0 cm³/mol. The molecule has 1 aromatic carbocycles. The minimum Gasteiger partial charge on any atom is -0.258 e. The second-order valence-corrected chi connectivity index (χ2v) is 3.36. The van der Waals surface area contributed by atoms with Crippen LogP contribution in [-0.4, -0.2) is 9.30 Å². The zero-order chi connectivity index (χ0) is 9.42. The van der Waals surface area contributed by atoms with Crippen LogP contribution < -0.4 is 0 Å². The maximum Gasteiger partial charge on any atom is 0.279 e. The summed E-state index contributed by atoms with van der Waals surface area (Å²) in [5, 5.41) is 12.9. The lowest BCUT2D eigenvalue weighted by molar-refractivity contribution is -0.383. The average molecular weight is 194 g/mol. The van der Waals surface area contributed by atoms with Gasteiger partial charge in [0.15, 0.2) is 0 Å². The van der Waals surface area contributed by atoms with Crippen molar-refractivity contribution in [2.24, 2.45) is 0 Å². The number of nitrogens with zero attached hydrogens (tertiary/aromatic N) is 2. The Morgan fingerprint density at radius 3 is 3.00 bits per heavy atom. The van der Waals surface area contributed by atoms with Crippen LogP contribution >= 0.6 is 11.5 Å². The molecule has 0 N–H and O–H groups in total. The first kappa shape index (κ1) is 8.12. The van der Waals surface area contributed by atoms with Crippen LogP contribution in [0, 0.1) is 17.0 Å². The lowest BCUT2D eigenvalue weighted by Gasteiger charge is -1.95. The molecular weight excluding hydrogens is 188 g/mol. The van der Waals surface area contributed by atoms with E-state index < -0.39 is 0 Å². The summed E-state index contributed by atoms with van der Waals surface area (Å²) in [6, 6.07) is 3.24. The number of hydrogen-bond acceptors (Lipinski definition) is 4. The van der Waals surface area contributed by atoms with E-state index in [1.807, 2.05) is 6.92 Å². The van der Waals surface area contributed by atoms with Crippen LogP contribution in [0.4, 0.5) is 5.69 Å². The number of fused-ring (bicyclic) bond motifs is 1. The van der Waals surface area contributed by atoms with Gasteiger partial charge in [0.05, 0.1) is 15.8 Å². The molecule has 0 aliphatic rings. The lowest BCUT2D eigenvalue weighted by atomic mass is 10.1. The van der Waals surface area contributed by atoms with Gasteiger partial charge in [-0.25, -0.2) is 0 Å². The Morgan fingerprint density at radius 1 is 1.54 bits per heavy atom. The van der Waals surface area contributed by atoms with Crippen molar-refractivity contribution in [3.05, 3.63) is 33.2 Å². The average Bonchev–Trinajstić information content (AvgIpc) is 2.53. The number of nitro groups is 1. The Labute approximate surface area is 78.1 Å². The van der Waals surface area contributed by atoms with E-state index in [1.54, 1.807) is 11.4 Å². The fraction of sp³-hybridized carbons (Fsp3) is 0.125. The Morgan fingerprint density at radius 2 is 2.31 bits per heavy atom. The summed E-state index contributed by atoms with van der Waals surface area (Å²) in [6.07, 6.45) is 0. The summed E-state index contributed by atoms with van der Waals surface area (Å²) in [4.78, 5) is 10.2. The highest BCUT2D eigenvalue weighted by Crippen LogP contribution is 2.28. The molecule has 0 amide bonds. The van der Waals surface area contributed by atoms with Crippen LogP contribution in [0.1, 0.15) is 5.56 Å². The maximum absolute atomic E-state index is 10.6. The fourth-order valence-corrected chi connectivity index (χ4v) is 1.97. The molecule has 0 radical (unpaired) electrons. The number of non-ortho nitro benzene ring substituents is 1. The molecule has 0 fully saturated rings. The van der Waals surface area contributed by atoms with Gasteiger partial charge >= 0.3 is 0 Å². The highest BCUT2D eigenvalue weighted by molar-refractivity contribution is 7.04. The molecule has 1 aromatic heterocycles. The summed E-state index contributed by atoms with van der Waals surface area (Å²) in [7, 11) is 0. The normalized spacial score (nSPS) is 10.5. The van der Waals surface area contributed by atoms with Gasteiger partial charge in [-0.3, -0.25) is 10.1 Å². The fourth-order valence-electron chi connectivity index (χ4n) is 1.23. The standard InChI is InChI=1S/C8H6N2O2S/c1-5-2-3-7(10(11)12)6-4-13-9-8(5)6/h2-4H,1H3. The minimum atomic E-state index is -0.379. The van der Waals surface area contributed by atoms with Crippen molar-refractivity contribution in [3.63, 3.8) is 0 Å². The Bertz CT molecular complexity index is 478. The molecule has 0 unspecified atom stereocenters. The van der Waals surface area contributed by atoms with Gasteiger partial charge < -0.3 is 0 Å². The van der Waals surface area contributed by atoms with Gasteiger partial charge in [0.25, 0.3) is 5.69 Å². The van der Waals surface area contributed by atoms with Gasteiger partial charge in [0.2, 0.25) is 0 Å². The Kier molecular flexibility index (Phi) is 1.73. The molecule has 2 aromatic rings. The molecule has 0 bridgehead atoms. The summed E-state index contributed by atoms with van der Waals surface area (Å²) in [5.41, 5.74) is 1.84. The number of aryl methyl sites for hydroxylation is 1. The van der Waals surface area contributed by atoms with E-state index in [4.69, 9.17) is 0 Å². The minimum absolute atomic E-state index is 0.134. The van der Waals surface area contributed by atoms with E-state index in [0.717, 1.165) is 11.1 Å². The first-order chi connectivity index (χ1) is 6.20. The van der Waals surface area contributed by atoms with Crippen LogP contribution in [-0.2, 0) is 0 Å². The summed E-state index contributed by atoms with van der Waals surface area (Å²) in [6.45, 7) is 1.89. The molecule has 0 atom stereocenters. The van der Waals surface area contributed by atoms with Gasteiger partial charge in [-0.2, -0.15) is 4.37 Å². The summed E-state index contributed by atoms with van der Waals surface area (Å²) >= 11 is 1.24. The van der Waals surface area contributed by atoms with E-state index in [-0.39, 0.29) is 10.6 Å².